The first kappa shape index (κ1) is 8.96. The number of aliphatic hydroxyl groups is 1. The third-order valence-electron chi connectivity index (χ3n) is 2.44. The fourth-order valence-corrected chi connectivity index (χ4v) is 1.72. The maximum atomic E-state index is 10.5. The van der Waals surface area contributed by atoms with Gasteiger partial charge in [0.05, 0.1) is 4.92 Å². The van der Waals surface area contributed by atoms with Crippen molar-refractivity contribution < 1.29 is 10.0 Å². The Hall–Kier alpha value is -1.62. The lowest BCUT2D eigenvalue weighted by Gasteiger charge is -2.14. The summed E-state index contributed by atoms with van der Waals surface area (Å²) >= 11 is 0. The van der Waals surface area contributed by atoms with Crippen molar-refractivity contribution in [3.63, 3.8) is 0 Å². The van der Waals surface area contributed by atoms with Gasteiger partial charge in [0.25, 0.3) is 5.69 Å². The Morgan fingerprint density at radius 2 is 2.36 bits per heavy atom. The zero-order chi connectivity index (χ0) is 10.1. The van der Waals surface area contributed by atoms with Crippen LogP contribution in [0.2, 0.25) is 0 Å². The summed E-state index contributed by atoms with van der Waals surface area (Å²) in [4.78, 5) is 11.9. The number of aliphatic hydroxyl groups excluding tert-OH is 1. The number of benzene rings is 1. The number of non-ortho nitro benzene ring substituents is 1. The Morgan fingerprint density at radius 1 is 1.57 bits per heavy atom. The van der Waals surface area contributed by atoms with Crippen LogP contribution in [0.4, 0.5) is 11.4 Å². The van der Waals surface area contributed by atoms with Gasteiger partial charge in [0.1, 0.15) is 6.73 Å². The fourth-order valence-electron chi connectivity index (χ4n) is 1.72. The molecule has 0 spiro atoms. The quantitative estimate of drug-likeness (QED) is 0.561. The summed E-state index contributed by atoms with van der Waals surface area (Å²) in [6.07, 6.45) is 0.761. The second-order valence-corrected chi connectivity index (χ2v) is 3.22. The molecule has 0 radical (unpaired) electrons. The number of nitro benzene ring substituents is 1. The van der Waals surface area contributed by atoms with Crippen LogP contribution in [0, 0.1) is 10.1 Å². The van der Waals surface area contributed by atoms with Gasteiger partial charge in [-0.3, -0.25) is 10.1 Å². The van der Waals surface area contributed by atoms with Gasteiger partial charge in [0.2, 0.25) is 0 Å². The van der Waals surface area contributed by atoms with Crippen LogP contribution in [0.1, 0.15) is 5.56 Å². The van der Waals surface area contributed by atoms with Crippen LogP contribution in [-0.4, -0.2) is 23.3 Å². The van der Waals surface area contributed by atoms with Crippen molar-refractivity contribution in [2.45, 2.75) is 6.42 Å². The first-order chi connectivity index (χ1) is 6.72. The van der Waals surface area contributed by atoms with Crippen LogP contribution in [0.15, 0.2) is 18.2 Å². The lowest BCUT2D eigenvalue weighted by molar-refractivity contribution is -0.384. The molecule has 5 nitrogen and oxygen atoms in total. The van der Waals surface area contributed by atoms with Gasteiger partial charge in [0.15, 0.2) is 0 Å². The maximum Gasteiger partial charge on any atom is 0.269 e. The van der Waals surface area contributed by atoms with Crippen LogP contribution in [0.5, 0.6) is 0 Å². The summed E-state index contributed by atoms with van der Waals surface area (Å²) in [5, 5.41) is 19.5. The summed E-state index contributed by atoms with van der Waals surface area (Å²) in [7, 11) is 0. The summed E-state index contributed by atoms with van der Waals surface area (Å²) in [6, 6.07) is 4.73. The zero-order valence-electron chi connectivity index (χ0n) is 7.51. The van der Waals surface area contributed by atoms with Crippen molar-refractivity contribution in [3.8, 4) is 0 Å². The molecule has 0 amide bonds. The van der Waals surface area contributed by atoms with E-state index in [1.54, 1.807) is 17.0 Å². The molecule has 2 rings (SSSR count). The lowest BCUT2D eigenvalue weighted by Crippen LogP contribution is -2.20. The predicted molar refractivity (Wildman–Crippen MR) is 51.2 cm³/mol. The summed E-state index contributed by atoms with van der Waals surface area (Å²) in [5.41, 5.74) is 1.95. The standard InChI is InChI=1S/C9H10N2O3/c12-6-10-4-3-7-5-8(11(13)14)1-2-9(7)10/h1-2,5,12H,3-4,6H2. The number of hydrogen-bond donors (Lipinski definition) is 1. The van der Waals surface area contributed by atoms with Gasteiger partial charge in [-0.15, -0.1) is 0 Å². The second-order valence-electron chi connectivity index (χ2n) is 3.22. The Bertz CT molecular complexity index is 378. The average molecular weight is 194 g/mol. The first-order valence-electron chi connectivity index (χ1n) is 4.35. The minimum absolute atomic E-state index is 0.0369. The molecule has 1 aromatic rings. The second kappa shape index (κ2) is 3.26. The molecule has 0 aliphatic carbocycles. The molecule has 0 saturated carbocycles. The molecule has 0 aromatic heterocycles. The first-order valence-corrected chi connectivity index (χ1v) is 4.35. The number of nitrogens with zero attached hydrogens (tertiary/aromatic N) is 2. The number of anilines is 1. The van der Waals surface area contributed by atoms with Gasteiger partial charge in [0, 0.05) is 24.4 Å². The van der Waals surface area contributed by atoms with E-state index in [0.29, 0.717) is 0 Å². The van der Waals surface area contributed by atoms with Gasteiger partial charge >= 0.3 is 0 Å². The van der Waals surface area contributed by atoms with E-state index in [4.69, 9.17) is 5.11 Å². The van der Waals surface area contributed by atoms with Crippen LogP contribution in [0.3, 0.4) is 0 Å². The van der Waals surface area contributed by atoms with Crippen molar-refractivity contribution >= 4 is 11.4 Å². The largest absolute Gasteiger partial charge is 0.376 e. The van der Waals surface area contributed by atoms with E-state index < -0.39 is 4.92 Å². The predicted octanol–water partition coefficient (Wildman–Crippen LogP) is 0.907. The number of fused-ring (bicyclic) bond motifs is 1. The minimum atomic E-state index is -0.401. The normalized spacial score (nSPS) is 14.2. The highest BCUT2D eigenvalue weighted by atomic mass is 16.6. The molecule has 1 heterocycles. The molecule has 1 aliphatic rings. The van der Waals surface area contributed by atoms with E-state index in [0.717, 1.165) is 24.2 Å². The topological polar surface area (TPSA) is 66.6 Å². The molecule has 1 aliphatic heterocycles. The molecule has 0 atom stereocenters. The van der Waals surface area contributed by atoms with Gasteiger partial charge < -0.3 is 10.0 Å². The molecule has 14 heavy (non-hydrogen) atoms. The molecule has 1 aromatic carbocycles. The Labute approximate surface area is 80.7 Å². The van der Waals surface area contributed by atoms with Gasteiger partial charge in [-0.2, -0.15) is 0 Å². The molecule has 0 bridgehead atoms. The highest BCUT2D eigenvalue weighted by Gasteiger charge is 2.20. The van der Waals surface area contributed by atoms with Crippen molar-refractivity contribution in [3.05, 3.63) is 33.9 Å². The third kappa shape index (κ3) is 1.31. The van der Waals surface area contributed by atoms with Crippen molar-refractivity contribution in [1.82, 2.24) is 0 Å². The highest BCUT2D eigenvalue weighted by Crippen LogP contribution is 2.30. The molecule has 0 unspecified atom stereocenters. The Morgan fingerprint density at radius 3 is 3.00 bits per heavy atom. The number of nitro groups is 1. The summed E-state index contributed by atoms with van der Waals surface area (Å²) in [5.74, 6) is 0. The fraction of sp³-hybridized carbons (Fsp3) is 0.333. The van der Waals surface area contributed by atoms with Gasteiger partial charge in [-0.25, -0.2) is 0 Å². The smallest absolute Gasteiger partial charge is 0.269 e. The maximum absolute atomic E-state index is 10.5. The van der Waals surface area contributed by atoms with E-state index in [-0.39, 0.29) is 12.4 Å². The Kier molecular flexibility index (Phi) is 2.09. The molecule has 0 saturated heterocycles. The van der Waals surface area contributed by atoms with E-state index >= 15 is 0 Å². The average Bonchev–Trinajstić information content (AvgIpc) is 2.59. The molecular weight excluding hydrogens is 184 g/mol. The molecule has 74 valence electrons. The highest BCUT2D eigenvalue weighted by molar-refractivity contribution is 5.61. The SMILES string of the molecule is O=[N+]([O-])c1ccc2c(c1)CCN2CO. The van der Waals surface area contributed by atoms with Crippen molar-refractivity contribution in [2.24, 2.45) is 0 Å². The van der Waals surface area contributed by atoms with E-state index in [1.807, 2.05) is 0 Å². The Balaban J connectivity index is 2.39. The monoisotopic (exact) mass is 194 g/mol. The molecule has 0 fully saturated rings. The van der Waals surface area contributed by atoms with Crippen molar-refractivity contribution in [2.75, 3.05) is 18.2 Å². The minimum Gasteiger partial charge on any atom is -0.376 e. The van der Waals surface area contributed by atoms with E-state index in [1.165, 1.54) is 6.07 Å². The van der Waals surface area contributed by atoms with Crippen LogP contribution in [0.25, 0.3) is 0 Å². The molecular formula is C9H10N2O3. The summed E-state index contributed by atoms with van der Waals surface area (Å²) < 4.78 is 0. The molecule has 1 N–H and O–H groups in total. The lowest BCUT2D eigenvalue weighted by atomic mass is 10.1. The molecule has 5 heteroatoms. The van der Waals surface area contributed by atoms with Gasteiger partial charge in [-0.05, 0) is 18.1 Å². The van der Waals surface area contributed by atoms with Crippen LogP contribution < -0.4 is 4.90 Å². The van der Waals surface area contributed by atoms with Gasteiger partial charge in [-0.1, -0.05) is 0 Å². The van der Waals surface area contributed by atoms with Crippen LogP contribution >= 0.6 is 0 Å². The zero-order valence-corrected chi connectivity index (χ0v) is 7.51. The van der Waals surface area contributed by atoms with E-state index in [9.17, 15) is 10.1 Å². The van der Waals surface area contributed by atoms with Crippen LogP contribution in [-0.2, 0) is 6.42 Å². The number of rotatable bonds is 2. The summed E-state index contributed by atoms with van der Waals surface area (Å²) in [6.45, 7) is 0.692. The third-order valence-corrected chi connectivity index (χ3v) is 2.44. The van der Waals surface area contributed by atoms with E-state index in [2.05, 4.69) is 0 Å². The number of hydrogen-bond acceptors (Lipinski definition) is 4. The van der Waals surface area contributed by atoms with Crippen molar-refractivity contribution in [1.29, 1.82) is 0 Å².